The Morgan fingerprint density at radius 2 is 1.70 bits per heavy atom. The number of anilines is 1. The van der Waals surface area contributed by atoms with Crippen molar-refractivity contribution in [2.24, 2.45) is 0 Å². The Hall–Kier alpha value is -3.93. The van der Waals surface area contributed by atoms with Crippen LogP contribution in [0.2, 0.25) is 0 Å². The zero-order valence-electron chi connectivity index (χ0n) is 18.0. The number of amides is 2. The first-order valence-electron chi connectivity index (χ1n) is 11.0. The molecule has 3 aromatic carbocycles. The normalized spacial score (nSPS) is 13.1. The van der Waals surface area contributed by atoms with Gasteiger partial charge in [-0.05, 0) is 48.7 Å². The molecule has 0 atom stereocenters. The number of nitrogens with one attached hydrogen (secondary N) is 1. The van der Waals surface area contributed by atoms with E-state index in [1.165, 1.54) is 6.07 Å². The Balaban J connectivity index is 1.23. The van der Waals surface area contributed by atoms with Crippen LogP contribution in [-0.2, 0) is 17.8 Å². The summed E-state index contributed by atoms with van der Waals surface area (Å²) in [5, 5.41) is 3.69. The molecule has 6 heteroatoms. The number of rotatable bonds is 7. The van der Waals surface area contributed by atoms with Crippen LogP contribution in [-0.4, -0.2) is 22.8 Å². The van der Waals surface area contributed by atoms with E-state index in [1.54, 1.807) is 41.3 Å². The molecule has 5 rings (SSSR count). The van der Waals surface area contributed by atoms with Gasteiger partial charge in [-0.25, -0.2) is 4.39 Å². The lowest BCUT2D eigenvalue weighted by Crippen LogP contribution is -2.34. The maximum absolute atomic E-state index is 14.1. The van der Waals surface area contributed by atoms with Crippen LogP contribution in [0.4, 0.5) is 10.1 Å². The maximum atomic E-state index is 14.1. The summed E-state index contributed by atoms with van der Waals surface area (Å²) in [5.74, 6) is -0.413. The van der Waals surface area contributed by atoms with Gasteiger partial charge in [0.05, 0.1) is 6.42 Å². The van der Waals surface area contributed by atoms with Gasteiger partial charge in [0.2, 0.25) is 5.91 Å². The molecular formula is C27H23FN2O3. The highest BCUT2D eigenvalue weighted by Crippen LogP contribution is 2.29. The lowest BCUT2D eigenvalue weighted by molar-refractivity contribution is -0.131. The molecule has 0 spiro atoms. The summed E-state index contributed by atoms with van der Waals surface area (Å²) in [6.07, 6.45) is 2.13. The first-order chi connectivity index (χ1) is 16.1. The maximum Gasteiger partial charge on any atom is 0.291 e. The van der Waals surface area contributed by atoms with Gasteiger partial charge >= 0.3 is 0 Å². The average molecular weight is 442 g/mol. The SMILES string of the molecule is O=C(Nc1ccc(CC(=O)N(Cc2ccccc2F)C2CC2)cc1)c1cc2ccccc2o1. The van der Waals surface area contributed by atoms with Crippen LogP contribution >= 0.6 is 0 Å². The Kier molecular flexibility index (Phi) is 5.65. The van der Waals surface area contributed by atoms with Crippen molar-refractivity contribution in [1.29, 1.82) is 0 Å². The molecule has 1 saturated carbocycles. The Morgan fingerprint density at radius 1 is 0.970 bits per heavy atom. The van der Waals surface area contributed by atoms with Gasteiger partial charge in [-0.15, -0.1) is 0 Å². The molecule has 4 aromatic rings. The number of furan rings is 1. The van der Waals surface area contributed by atoms with E-state index in [2.05, 4.69) is 5.32 Å². The zero-order valence-corrected chi connectivity index (χ0v) is 18.0. The van der Waals surface area contributed by atoms with E-state index in [0.29, 0.717) is 16.8 Å². The number of nitrogens with zero attached hydrogens (tertiary/aromatic N) is 1. The smallest absolute Gasteiger partial charge is 0.291 e. The van der Waals surface area contributed by atoms with Gasteiger partial charge in [-0.1, -0.05) is 48.5 Å². The molecule has 0 bridgehead atoms. The first kappa shape index (κ1) is 20.9. The number of fused-ring (bicyclic) bond motifs is 1. The van der Waals surface area contributed by atoms with Gasteiger partial charge in [-0.3, -0.25) is 9.59 Å². The molecule has 0 aliphatic heterocycles. The third kappa shape index (κ3) is 4.80. The summed E-state index contributed by atoms with van der Waals surface area (Å²) in [4.78, 5) is 27.3. The minimum atomic E-state index is -0.333. The molecule has 0 unspecified atom stereocenters. The second kappa shape index (κ2) is 8.90. The second-order valence-corrected chi connectivity index (χ2v) is 8.32. The van der Waals surface area contributed by atoms with E-state index in [-0.39, 0.29) is 42.4 Å². The van der Waals surface area contributed by atoms with Crippen molar-refractivity contribution in [3.05, 3.63) is 102 Å². The summed E-state index contributed by atoms with van der Waals surface area (Å²) in [7, 11) is 0. The molecule has 1 aromatic heterocycles. The van der Waals surface area contributed by atoms with Gasteiger partial charge in [0.1, 0.15) is 11.4 Å². The van der Waals surface area contributed by atoms with Gasteiger partial charge in [-0.2, -0.15) is 0 Å². The van der Waals surface area contributed by atoms with Crippen LogP contribution in [0, 0.1) is 5.82 Å². The van der Waals surface area contributed by atoms with Crippen LogP contribution in [0.5, 0.6) is 0 Å². The van der Waals surface area contributed by atoms with Crippen molar-refractivity contribution in [2.45, 2.75) is 31.8 Å². The van der Waals surface area contributed by atoms with Gasteiger partial charge in [0.15, 0.2) is 5.76 Å². The molecule has 5 nitrogen and oxygen atoms in total. The molecule has 2 amide bonds. The van der Waals surface area contributed by atoms with E-state index < -0.39 is 0 Å². The number of benzene rings is 3. The molecule has 0 radical (unpaired) electrons. The zero-order chi connectivity index (χ0) is 22.8. The van der Waals surface area contributed by atoms with Crippen molar-refractivity contribution < 1.29 is 18.4 Å². The summed E-state index contributed by atoms with van der Waals surface area (Å²) < 4.78 is 19.7. The van der Waals surface area contributed by atoms with Crippen LogP contribution in [0.1, 0.15) is 34.5 Å². The van der Waals surface area contributed by atoms with Gasteiger partial charge < -0.3 is 14.6 Å². The highest BCUT2D eigenvalue weighted by atomic mass is 19.1. The lowest BCUT2D eigenvalue weighted by atomic mass is 10.1. The molecule has 1 fully saturated rings. The minimum Gasteiger partial charge on any atom is -0.451 e. The largest absolute Gasteiger partial charge is 0.451 e. The molecule has 1 heterocycles. The van der Waals surface area contributed by atoms with E-state index >= 15 is 0 Å². The summed E-state index contributed by atoms with van der Waals surface area (Å²) in [6.45, 7) is 0.280. The van der Waals surface area contributed by atoms with Crippen molar-refractivity contribution in [1.82, 2.24) is 4.90 Å². The quantitative estimate of drug-likeness (QED) is 0.408. The Morgan fingerprint density at radius 3 is 2.42 bits per heavy atom. The van der Waals surface area contributed by atoms with Crippen molar-refractivity contribution in [3.8, 4) is 0 Å². The van der Waals surface area contributed by atoms with Crippen molar-refractivity contribution >= 4 is 28.5 Å². The standard InChI is InChI=1S/C27H23FN2O3/c28-23-7-3-1-6-20(23)17-30(22-13-14-22)26(31)15-18-9-11-21(12-10-18)29-27(32)25-16-19-5-2-4-8-24(19)33-25/h1-12,16,22H,13-15,17H2,(H,29,32). The molecule has 0 saturated heterocycles. The topological polar surface area (TPSA) is 62.6 Å². The molecule has 33 heavy (non-hydrogen) atoms. The minimum absolute atomic E-state index is 0.0279. The van der Waals surface area contributed by atoms with Crippen LogP contribution < -0.4 is 5.32 Å². The van der Waals surface area contributed by atoms with E-state index in [9.17, 15) is 14.0 Å². The third-order valence-electron chi connectivity index (χ3n) is 5.82. The highest BCUT2D eigenvalue weighted by Gasteiger charge is 2.32. The number of halogens is 1. The van der Waals surface area contributed by atoms with Crippen LogP contribution in [0.25, 0.3) is 11.0 Å². The van der Waals surface area contributed by atoms with Gasteiger partial charge in [0.25, 0.3) is 5.91 Å². The number of hydrogen-bond donors (Lipinski definition) is 1. The summed E-state index contributed by atoms with van der Waals surface area (Å²) in [5.41, 5.74) is 2.64. The van der Waals surface area contributed by atoms with Crippen LogP contribution in [0.15, 0.2) is 83.3 Å². The number of hydrogen-bond acceptors (Lipinski definition) is 3. The van der Waals surface area contributed by atoms with E-state index in [4.69, 9.17) is 4.42 Å². The molecule has 166 valence electrons. The summed E-state index contributed by atoms with van der Waals surface area (Å²) in [6, 6.07) is 23.1. The van der Waals surface area contributed by atoms with E-state index in [0.717, 1.165) is 23.8 Å². The fourth-order valence-electron chi connectivity index (χ4n) is 3.89. The van der Waals surface area contributed by atoms with E-state index in [1.807, 2.05) is 36.4 Å². The Bertz CT molecular complexity index is 1280. The van der Waals surface area contributed by atoms with Gasteiger partial charge in [0, 0.05) is 29.2 Å². The highest BCUT2D eigenvalue weighted by molar-refractivity contribution is 6.04. The molecular weight excluding hydrogens is 419 g/mol. The predicted octanol–water partition coefficient (Wildman–Crippen LogP) is 5.56. The van der Waals surface area contributed by atoms with Crippen molar-refractivity contribution in [3.63, 3.8) is 0 Å². The number of carbonyl (C=O) groups is 2. The molecule has 1 aliphatic rings. The Labute approximate surface area is 190 Å². The fraction of sp³-hybridized carbons (Fsp3) is 0.185. The average Bonchev–Trinajstić information content (AvgIpc) is 3.56. The third-order valence-corrected chi connectivity index (χ3v) is 5.82. The van der Waals surface area contributed by atoms with Crippen molar-refractivity contribution in [2.75, 3.05) is 5.32 Å². The van der Waals surface area contributed by atoms with Crippen LogP contribution in [0.3, 0.4) is 0 Å². The first-order valence-corrected chi connectivity index (χ1v) is 11.0. The fourth-order valence-corrected chi connectivity index (χ4v) is 3.89. The molecule has 1 N–H and O–H groups in total. The lowest BCUT2D eigenvalue weighted by Gasteiger charge is -2.23. The molecule has 1 aliphatic carbocycles. The second-order valence-electron chi connectivity index (χ2n) is 8.32. The summed E-state index contributed by atoms with van der Waals surface area (Å²) >= 11 is 0. The number of para-hydroxylation sites is 1. The predicted molar refractivity (Wildman–Crippen MR) is 124 cm³/mol. The monoisotopic (exact) mass is 442 g/mol. The number of carbonyl (C=O) groups excluding carboxylic acids is 2.